The average Bonchev–Trinajstić information content (AvgIpc) is 2.40. The molecule has 1 amide bonds. The van der Waals surface area contributed by atoms with E-state index in [-0.39, 0.29) is 31.0 Å². The summed E-state index contributed by atoms with van der Waals surface area (Å²) in [6, 6.07) is 5.55. The van der Waals surface area contributed by atoms with Crippen LogP contribution in [0.25, 0.3) is 0 Å². The summed E-state index contributed by atoms with van der Waals surface area (Å²) in [4.78, 5) is 11.9. The number of ether oxygens (including phenoxy) is 1. The zero-order valence-electron chi connectivity index (χ0n) is 12.3. The number of benzene rings is 1. The molecule has 0 aliphatic carbocycles. The van der Waals surface area contributed by atoms with Gasteiger partial charge in [-0.05, 0) is 49.6 Å². The first-order valence-electron chi connectivity index (χ1n) is 6.95. The minimum Gasteiger partial charge on any atom is -0.484 e. The summed E-state index contributed by atoms with van der Waals surface area (Å²) in [5.41, 5.74) is 0.929. The lowest BCUT2D eigenvalue weighted by atomic mass is 9.95. The molecule has 2 N–H and O–H groups in total. The summed E-state index contributed by atoms with van der Waals surface area (Å²) < 4.78 is 5.54. The Hall–Kier alpha value is -0.970. The van der Waals surface area contributed by atoms with Crippen LogP contribution in [0.5, 0.6) is 5.75 Å². The standard InChI is InChI=1S/C15H21ClN2O2.ClH/c1-10-5-6-17-8-13(10)18-15(19)9-20-14-4-3-12(16)7-11(14)2;/h3-4,7,10,13,17H,5-6,8-9H2,1-2H3,(H,18,19);1H. The molecule has 1 aliphatic heterocycles. The molecule has 0 bridgehead atoms. The van der Waals surface area contributed by atoms with E-state index in [0.29, 0.717) is 16.7 Å². The molecule has 0 saturated carbocycles. The quantitative estimate of drug-likeness (QED) is 0.890. The molecule has 1 aliphatic rings. The van der Waals surface area contributed by atoms with Crippen LogP contribution in [0.15, 0.2) is 18.2 Å². The molecule has 2 rings (SSSR count). The van der Waals surface area contributed by atoms with Gasteiger partial charge in [-0.25, -0.2) is 0 Å². The van der Waals surface area contributed by atoms with Crippen LogP contribution in [0.3, 0.4) is 0 Å². The Morgan fingerprint density at radius 3 is 2.95 bits per heavy atom. The third-order valence-corrected chi connectivity index (χ3v) is 3.90. The van der Waals surface area contributed by atoms with Gasteiger partial charge in [0.2, 0.25) is 0 Å². The van der Waals surface area contributed by atoms with Gasteiger partial charge in [-0.2, -0.15) is 0 Å². The number of carbonyl (C=O) groups is 1. The molecule has 4 nitrogen and oxygen atoms in total. The Labute approximate surface area is 137 Å². The van der Waals surface area contributed by atoms with Crippen molar-refractivity contribution in [2.24, 2.45) is 5.92 Å². The fourth-order valence-corrected chi connectivity index (χ4v) is 2.58. The fourth-order valence-electron chi connectivity index (χ4n) is 2.35. The van der Waals surface area contributed by atoms with E-state index in [1.165, 1.54) is 0 Å². The number of hydrogen-bond acceptors (Lipinski definition) is 3. The second-order valence-corrected chi connectivity index (χ2v) is 5.78. The smallest absolute Gasteiger partial charge is 0.258 e. The van der Waals surface area contributed by atoms with Crippen LogP contribution in [0.4, 0.5) is 0 Å². The molecule has 1 aromatic carbocycles. The number of carbonyl (C=O) groups excluding carboxylic acids is 1. The van der Waals surface area contributed by atoms with Crippen molar-refractivity contribution in [1.29, 1.82) is 0 Å². The Balaban J connectivity index is 0.00000220. The summed E-state index contributed by atoms with van der Waals surface area (Å²) in [5, 5.41) is 6.97. The van der Waals surface area contributed by atoms with E-state index in [4.69, 9.17) is 16.3 Å². The topological polar surface area (TPSA) is 50.4 Å². The van der Waals surface area contributed by atoms with Crippen LogP contribution >= 0.6 is 24.0 Å². The number of nitrogens with one attached hydrogen (secondary N) is 2. The first kappa shape index (κ1) is 18.1. The summed E-state index contributed by atoms with van der Waals surface area (Å²) in [7, 11) is 0. The molecular formula is C15H22Cl2N2O2. The number of amides is 1. The van der Waals surface area contributed by atoms with E-state index in [9.17, 15) is 4.79 Å². The summed E-state index contributed by atoms with van der Waals surface area (Å²) >= 11 is 5.88. The highest BCUT2D eigenvalue weighted by Crippen LogP contribution is 2.21. The van der Waals surface area contributed by atoms with Gasteiger partial charge in [-0.1, -0.05) is 18.5 Å². The van der Waals surface area contributed by atoms with E-state index >= 15 is 0 Å². The van der Waals surface area contributed by atoms with Gasteiger partial charge in [-0.3, -0.25) is 4.79 Å². The monoisotopic (exact) mass is 332 g/mol. The zero-order valence-corrected chi connectivity index (χ0v) is 13.9. The van der Waals surface area contributed by atoms with E-state index < -0.39 is 0 Å². The van der Waals surface area contributed by atoms with Crippen molar-refractivity contribution in [2.75, 3.05) is 19.7 Å². The third-order valence-electron chi connectivity index (χ3n) is 3.67. The first-order chi connectivity index (χ1) is 9.56. The first-order valence-corrected chi connectivity index (χ1v) is 7.33. The molecule has 118 valence electrons. The van der Waals surface area contributed by atoms with Crippen LogP contribution < -0.4 is 15.4 Å². The molecule has 6 heteroatoms. The predicted octanol–water partition coefficient (Wildman–Crippen LogP) is 2.56. The average molecular weight is 333 g/mol. The maximum atomic E-state index is 11.9. The van der Waals surface area contributed by atoms with Crippen LogP contribution in [0, 0.1) is 12.8 Å². The number of piperidine rings is 1. The minimum atomic E-state index is -0.0834. The van der Waals surface area contributed by atoms with Crippen molar-refractivity contribution >= 4 is 29.9 Å². The number of rotatable bonds is 4. The Kier molecular flexibility index (Phi) is 7.29. The maximum Gasteiger partial charge on any atom is 0.258 e. The lowest BCUT2D eigenvalue weighted by Gasteiger charge is -2.30. The zero-order chi connectivity index (χ0) is 14.5. The summed E-state index contributed by atoms with van der Waals surface area (Å²) in [6.07, 6.45) is 1.09. The van der Waals surface area contributed by atoms with Crippen molar-refractivity contribution in [3.8, 4) is 5.75 Å². The van der Waals surface area contributed by atoms with E-state index in [1.807, 2.05) is 13.0 Å². The van der Waals surface area contributed by atoms with Crippen molar-refractivity contribution in [3.05, 3.63) is 28.8 Å². The van der Waals surface area contributed by atoms with Crippen LogP contribution in [0.1, 0.15) is 18.9 Å². The molecule has 21 heavy (non-hydrogen) atoms. The van der Waals surface area contributed by atoms with Crippen molar-refractivity contribution in [2.45, 2.75) is 26.3 Å². The number of halogens is 2. The fraction of sp³-hybridized carbons (Fsp3) is 0.533. The van der Waals surface area contributed by atoms with E-state index in [2.05, 4.69) is 17.6 Å². The maximum absolute atomic E-state index is 11.9. The van der Waals surface area contributed by atoms with E-state index in [0.717, 1.165) is 25.1 Å². The second kappa shape index (κ2) is 8.47. The minimum absolute atomic E-state index is 0. The molecule has 1 aromatic rings. The lowest BCUT2D eigenvalue weighted by molar-refractivity contribution is -0.124. The SMILES string of the molecule is Cc1cc(Cl)ccc1OCC(=O)NC1CNCCC1C.Cl. The van der Waals surface area contributed by atoms with Gasteiger partial charge in [0.05, 0.1) is 0 Å². The normalized spacial score (nSPS) is 21.3. The molecule has 2 unspecified atom stereocenters. The number of hydrogen-bond donors (Lipinski definition) is 2. The third kappa shape index (κ3) is 5.38. The molecule has 0 spiro atoms. The highest BCUT2D eigenvalue weighted by molar-refractivity contribution is 6.30. The number of aryl methyl sites for hydroxylation is 1. The van der Waals surface area contributed by atoms with Crippen LogP contribution in [-0.4, -0.2) is 31.6 Å². The lowest BCUT2D eigenvalue weighted by Crippen LogP contribution is -2.51. The van der Waals surface area contributed by atoms with Gasteiger partial charge in [0, 0.05) is 17.6 Å². The van der Waals surface area contributed by atoms with Gasteiger partial charge in [-0.15, -0.1) is 12.4 Å². The molecule has 0 radical (unpaired) electrons. The van der Waals surface area contributed by atoms with Gasteiger partial charge < -0.3 is 15.4 Å². The van der Waals surface area contributed by atoms with Crippen molar-refractivity contribution in [3.63, 3.8) is 0 Å². The van der Waals surface area contributed by atoms with Gasteiger partial charge in [0.15, 0.2) is 6.61 Å². The van der Waals surface area contributed by atoms with Crippen molar-refractivity contribution in [1.82, 2.24) is 10.6 Å². The predicted molar refractivity (Wildman–Crippen MR) is 87.5 cm³/mol. The highest BCUT2D eigenvalue weighted by Gasteiger charge is 2.22. The molecule has 0 aromatic heterocycles. The highest BCUT2D eigenvalue weighted by atomic mass is 35.5. The second-order valence-electron chi connectivity index (χ2n) is 5.34. The summed E-state index contributed by atoms with van der Waals surface area (Å²) in [5.74, 6) is 1.11. The molecule has 2 atom stereocenters. The molecule has 1 saturated heterocycles. The van der Waals surface area contributed by atoms with Gasteiger partial charge in [0.1, 0.15) is 5.75 Å². The largest absolute Gasteiger partial charge is 0.484 e. The molecule has 1 fully saturated rings. The summed E-state index contributed by atoms with van der Waals surface area (Å²) in [6.45, 7) is 5.95. The Morgan fingerprint density at radius 2 is 2.29 bits per heavy atom. The Bertz CT molecular complexity index is 483. The van der Waals surface area contributed by atoms with E-state index in [1.54, 1.807) is 12.1 Å². The Morgan fingerprint density at radius 1 is 1.52 bits per heavy atom. The molecular weight excluding hydrogens is 311 g/mol. The van der Waals surface area contributed by atoms with Crippen molar-refractivity contribution < 1.29 is 9.53 Å². The van der Waals surface area contributed by atoms with Crippen LogP contribution in [-0.2, 0) is 4.79 Å². The van der Waals surface area contributed by atoms with Gasteiger partial charge >= 0.3 is 0 Å². The van der Waals surface area contributed by atoms with Crippen LogP contribution in [0.2, 0.25) is 5.02 Å². The van der Waals surface area contributed by atoms with Gasteiger partial charge in [0.25, 0.3) is 5.91 Å². The molecule has 1 heterocycles.